The molecule has 0 atom stereocenters. The highest BCUT2D eigenvalue weighted by atomic mass is 32.2. The molecule has 0 spiro atoms. The van der Waals surface area contributed by atoms with E-state index in [-0.39, 0.29) is 5.16 Å². The van der Waals surface area contributed by atoms with Gasteiger partial charge in [-0.05, 0) is 24.3 Å². The molecular weight excluding hydrogens is 264 g/mol. The molecule has 3 aromatic rings. The van der Waals surface area contributed by atoms with Crippen molar-refractivity contribution in [1.29, 1.82) is 0 Å². The van der Waals surface area contributed by atoms with Crippen molar-refractivity contribution in [3.63, 3.8) is 0 Å². The molecule has 0 aliphatic carbocycles. The molecule has 0 N–H and O–H groups in total. The van der Waals surface area contributed by atoms with Crippen LogP contribution in [0.2, 0.25) is 0 Å². The molecule has 3 aromatic heterocycles. The second kappa shape index (κ2) is 4.13. The Morgan fingerprint density at radius 2 is 2.00 bits per heavy atom. The number of aromatic nitrogens is 4. The maximum Gasteiger partial charge on any atom is 0.265 e. The van der Waals surface area contributed by atoms with Crippen LogP contribution < -0.4 is 0 Å². The molecule has 0 aromatic carbocycles. The lowest BCUT2D eigenvalue weighted by atomic mass is 10.2. The van der Waals surface area contributed by atoms with Gasteiger partial charge in [-0.2, -0.15) is 0 Å². The molecule has 6 nitrogen and oxygen atoms in total. The van der Waals surface area contributed by atoms with Crippen molar-refractivity contribution in [2.24, 2.45) is 0 Å². The van der Waals surface area contributed by atoms with E-state index in [1.807, 2.05) is 24.3 Å². The SMILES string of the molecule is CS(=O)(=O)c1ncc2ccc(-c3cccnc3)n2n1. The van der Waals surface area contributed by atoms with Crippen molar-refractivity contribution in [3.05, 3.63) is 42.9 Å². The van der Waals surface area contributed by atoms with Gasteiger partial charge in [0.25, 0.3) is 5.16 Å². The van der Waals surface area contributed by atoms with E-state index in [1.54, 1.807) is 16.9 Å². The molecule has 0 unspecified atom stereocenters. The summed E-state index contributed by atoms with van der Waals surface area (Å²) in [6, 6.07) is 7.38. The molecule has 0 radical (unpaired) electrons. The second-order valence-electron chi connectivity index (χ2n) is 4.11. The quantitative estimate of drug-likeness (QED) is 0.701. The molecular formula is C12H10N4O2S. The molecule has 0 aliphatic heterocycles. The molecule has 0 saturated carbocycles. The molecule has 3 heterocycles. The highest BCUT2D eigenvalue weighted by Gasteiger charge is 2.14. The normalized spacial score (nSPS) is 11.8. The highest BCUT2D eigenvalue weighted by molar-refractivity contribution is 7.90. The van der Waals surface area contributed by atoms with E-state index in [0.717, 1.165) is 23.0 Å². The van der Waals surface area contributed by atoms with E-state index in [4.69, 9.17) is 0 Å². The Balaban J connectivity index is 2.28. The van der Waals surface area contributed by atoms with Gasteiger partial charge in [0.2, 0.25) is 9.84 Å². The third kappa shape index (κ3) is 2.08. The first-order chi connectivity index (χ1) is 9.05. The fraction of sp³-hybridized carbons (Fsp3) is 0.0833. The summed E-state index contributed by atoms with van der Waals surface area (Å²) < 4.78 is 24.5. The van der Waals surface area contributed by atoms with Crippen LogP contribution in [0, 0.1) is 0 Å². The summed E-state index contributed by atoms with van der Waals surface area (Å²) in [6.07, 6.45) is 5.95. The summed E-state index contributed by atoms with van der Waals surface area (Å²) in [5.41, 5.74) is 2.36. The maximum atomic E-state index is 11.5. The van der Waals surface area contributed by atoms with E-state index in [0.29, 0.717) is 0 Å². The summed E-state index contributed by atoms with van der Waals surface area (Å²) >= 11 is 0. The minimum absolute atomic E-state index is 0.193. The van der Waals surface area contributed by atoms with E-state index in [2.05, 4.69) is 15.1 Å². The Morgan fingerprint density at radius 1 is 1.16 bits per heavy atom. The predicted molar refractivity (Wildman–Crippen MR) is 69.3 cm³/mol. The molecule has 0 saturated heterocycles. The van der Waals surface area contributed by atoms with Crippen molar-refractivity contribution in [2.75, 3.05) is 6.26 Å². The van der Waals surface area contributed by atoms with Crippen molar-refractivity contribution >= 4 is 15.4 Å². The third-order valence-corrected chi connectivity index (χ3v) is 3.52. The van der Waals surface area contributed by atoms with Crippen molar-refractivity contribution in [1.82, 2.24) is 19.6 Å². The van der Waals surface area contributed by atoms with Crippen LogP contribution in [0.1, 0.15) is 0 Å². The number of hydrogen-bond donors (Lipinski definition) is 0. The number of fused-ring (bicyclic) bond motifs is 1. The molecule has 7 heteroatoms. The topological polar surface area (TPSA) is 77.2 Å². The Bertz CT molecular complexity index is 841. The van der Waals surface area contributed by atoms with Crippen LogP contribution in [0.5, 0.6) is 0 Å². The van der Waals surface area contributed by atoms with Crippen LogP contribution in [-0.2, 0) is 9.84 Å². The van der Waals surface area contributed by atoms with Gasteiger partial charge in [0, 0.05) is 24.2 Å². The van der Waals surface area contributed by atoms with Crippen LogP contribution >= 0.6 is 0 Å². The molecule has 0 fully saturated rings. The van der Waals surface area contributed by atoms with Crippen LogP contribution in [-0.4, -0.2) is 34.3 Å². The summed E-state index contributed by atoms with van der Waals surface area (Å²) in [5.74, 6) is 0. The molecule has 0 bridgehead atoms. The highest BCUT2D eigenvalue weighted by Crippen LogP contribution is 2.20. The summed E-state index contributed by atoms with van der Waals surface area (Å²) in [5, 5.41) is 3.88. The van der Waals surface area contributed by atoms with Crippen molar-refractivity contribution in [2.45, 2.75) is 5.16 Å². The molecule has 3 rings (SSSR count). The fourth-order valence-electron chi connectivity index (χ4n) is 1.79. The van der Waals surface area contributed by atoms with Gasteiger partial charge < -0.3 is 0 Å². The van der Waals surface area contributed by atoms with Gasteiger partial charge in [0.15, 0.2) is 0 Å². The minimum Gasteiger partial charge on any atom is -0.264 e. The van der Waals surface area contributed by atoms with Crippen molar-refractivity contribution < 1.29 is 8.42 Å². The molecule has 0 amide bonds. The molecule has 19 heavy (non-hydrogen) atoms. The van der Waals surface area contributed by atoms with E-state index in [9.17, 15) is 8.42 Å². The Kier molecular flexibility index (Phi) is 2.56. The average Bonchev–Trinajstić information content (AvgIpc) is 2.81. The van der Waals surface area contributed by atoms with Gasteiger partial charge in [0.1, 0.15) is 0 Å². The van der Waals surface area contributed by atoms with Gasteiger partial charge in [-0.25, -0.2) is 17.9 Å². The lowest BCUT2D eigenvalue weighted by Gasteiger charge is -2.03. The largest absolute Gasteiger partial charge is 0.265 e. The number of rotatable bonds is 2. The van der Waals surface area contributed by atoms with Gasteiger partial charge in [-0.3, -0.25) is 4.98 Å². The van der Waals surface area contributed by atoms with Gasteiger partial charge in [-0.15, -0.1) is 5.10 Å². The summed E-state index contributed by atoms with van der Waals surface area (Å²) in [6.45, 7) is 0. The van der Waals surface area contributed by atoms with Gasteiger partial charge >= 0.3 is 0 Å². The zero-order valence-electron chi connectivity index (χ0n) is 10.1. The minimum atomic E-state index is -3.43. The standard InChI is InChI=1S/C12H10N4O2S/c1-19(17,18)12-14-8-10-4-5-11(16(10)15-12)9-3-2-6-13-7-9/h2-8H,1H3. The third-order valence-electron chi connectivity index (χ3n) is 2.67. The summed E-state index contributed by atoms with van der Waals surface area (Å²) in [7, 11) is -3.43. The fourth-order valence-corrected chi connectivity index (χ4v) is 2.26. The second-order valence-corrected chi connectivity index (χ2v) is 6.02. The Morgan fingerprint density at radius 3 is 2.68 bits per heavy atom. The van der Waals surface area contributed by atoms with E-state index < -0.39 is 9.84 Å². The number of nitrogens with zero attached hydrogens (tertiary/aromatic N) is 4. The first-order valence-corrected chi connectivity index (χ1v) is 7.40. The number of pyridine rings is 1. The predicted octanol–water partition coefficient (Wildman–Crippen LogP) is 1.19. The van der Waals surface area contributed by atoms with E-state index >= 15 is 0 Å². The molecule has 0 aliphatic rings. The lowest BCUT2D eigenvalue weighted by Crippen LogP contribution is -2.07. The number of hydrogen-bond acceptors (Lipinski definition) is 5. The monoisotopic (exact) mass is 274 g/mol. The first kappa shape index (κ1) is 11.8. The van der Waals surface area contributed by atoms with Crippen LogP contribution in [0.25, 0.3) is 16.8 Å². The maximum absolute atomic E-state index is 11.5. The van der Waals surface area contributed by atoms with Crippen LogP contribution in [0.15, 0.2) is 48.0 Å². The smallest absolute Gasteiger partial charge is 0.264 e. The van der Waals surface area contributed by atoms with Crippen molar-refractivity contribution in [3.8, 4) is 11.3 Å². The van der Waals surface area contributed by atoms with Crippen LogP contribution in [0.4, 0.5) is 0 Å². The Labute approximate surface area is 109 Å². The number of sulfone groups is 1. The Hall–Kier alpha value is -2.28. The van der Waals surface area contributed by atoms with Gasteiger partial charge in [-0.1, -0.05) is 0 Å². The summed E-state index contributed by atoms with van der Waals surface area (Å²) in [4.78, 5) is 7.89. The average molecular weight is 274 g/mol. The van der Waals surface area contributed by atoms with E-state index in [1.165, 1.54) is 6.20 Å². The lowest BCUT2D eigenvalue weighted by molar-refractivity contribution is 0.587. The van der Waals surface area contributed by atoms with Gasteiger partial charge in [0.05, 0.1) is 17.4 Å². The first-order valence-electron chi connectivity index (χ1n) is 5.51. The zero-order valence-corrected chi connectivity index (χ0v) is 10.9. The molecule has 96 valence electrons. The zero-order chi connectivity index (χ0) is 13.5. The van der Waals surface area contributed by atoms with Crippen LogP contribution in [0.3, 0.4) is 0 Å².